The van der Waals surface area contributed by atoms with Crippen molar-refractivity contribution in [2.45, 2.75) is 52.1 Å². The van der Waals surface area contributed by atoms with Crippen LogP contribution >= 0.6 is 0 Å². The average molecular weight is 383 g/mol. The molecule has 1 saturated heterocycles. The number of aromatic nitrogens is 1. The zero-order chi connectivity index (χ0) is 19.8. The Morgan fingerprint density at radius 2 is 2.00 bits per heavy atom. The fourth-order valence-electron chi connectivity index (χ4n) is 3.95. The first-order chi connectivity index (χ1) is 13.4. The van der Waals surface area contributed by atoms with E-state index >= 15 is 0 Å². The second-order valence-corrected chi connectivity index (χ2v) is 7.87. The number of ether oxygens (including phenoxy) is 1. The maximum Gasteiger partial charge on any atom is 0.256 e. The smallest absolute Gasteiger partial charge is 0.256 e. The number of rotatable bonds is 4. The molecule has 0 aliphatic carbocycles. The maximum atomic E-state index is 14.8. The number of benzene rings is 1. The van der Waals surface area contributed by atoms with Crippen LogP contribution in [0, 0.1) is 6.92 Å². The highest BCUT2D eigenvalue weighted by molar-refractivity contribution is 5.98. The van der Waals surface area contributed by atoms with Crippen LogP contribution in [-0.4, -0.2) is 47.2 Å². The molecular formula is C22H26FN3O2. The van der Waals surface area contributed by atoms with E-state index in [9.17, 15) is 9.18 Å². The SMILES string of the molecule is Cc1cc2c(nc1N1CCC(Oc3ccccc3)[C@@H](F)C1)CN(C(C)C)C2=O. The fraction of sp³-hybridized carbons (Fsp3) is 0.455. The van der Waals surface area contributed by atoms with E-state index in [0.717, 1.165) is 17.1 Å². The maximum absolute atomic E-state index is 14.8. The second-order valence-electron chi connectivity index (χ2n) is 7.87. The highest BCUT2D eigenvalue weighted by atomic mass is 19.1. The van der Waals surface area contributed by atoms with Gasteiger partial charge >= 0.3 is 0 Å². The largest absolute Gasteiger partial charge is 0.487 e. The van der Waals surface area contributed by atoms with Crippen molar-refractivity contribution in [3.63, 3.8) is 0 Å². The predicted molar refractivity (Wildman–Crippen MR) is 107 cm³/mol. The molecule has 1 amide bonds. The van der Waals surface area contributed by atoms with Gasteiger partial charge in [-0.3, -0.25) is 4.79 Å². The molecule has 1 fully saturated rings. The van der Waals surface area contributed by atoms with Crippen molar-refractivity contribution in [3.05, 3.63) is 53.2 Å². The molecule has 2 atom stereocenters. The molecule has 0 saturated carbocycles. The van der Waals surface area contributed by atoms with Crippen molar-refractivity contribution in [1.29, 1.82) is 0 Å². The summed E-state index contributed by atoms with van der Waals surface area (Å²) in [6.45, 7) is 7.38. The van der Waals surface area contributed by atoms with E-state index < -0.39 is 12.3 Å². The number of amides is 1. The van der Waals surface area contributed by atoms with Gasteiger partial charge in [0, 0.05) is 19.0 Å². The van der Waals surface area contributed by atoms with Crippen LogP contribution in [-0.2, 0) is 6.54 Å². The number of alkyl halides is 1. The molecule has 1 aromatic carbocycles. The molecule has 4 rings (SSSR count). The molecule has 1 unspecified atom stereocenters. The normalized spacial score (nSPS) is 22.0. The van der Waals surface area contributed by atoms with E-state index in [4.69, 9.17) is 9.72 Å². The third-order valence-corrected chi connectivity index (χ3v) is 5.51. The molecule has 148 valence electrons. The van der Waals surface area contributed by atoms with Crippen molar-refractivity contribution in [3.8, 4) is 5.75 Å². The summed E-state index contributed by atoms with van der Waals surface area (Å²) in [4.78, 5) is 21.1. The van der Waals surface area contributed by atoms with Gasteiger partial charge in [0.2, 0.25) is 0 Å². The third kappa shape index (κ3) is 3.43. The summed E-state index contributed by atoms with van der Waals surface area (Å²) in [6.07, 6.45) is -0.964. The van der Waals surface area contributed by atoms with Crippen LogP contribution in [0.25, 0.3) is 0 Å². The van der Waals surface area contributed by atoms with Crippen LogP contribution < -0.4 is 9.64 Å². The van der Waals surface area contributed by atoms with E-state index in [1.807, 2.05) is 67.0 Å². The number of para-hydroxylation sites is 1. The minimum absolute atomic E-state index is 0.0329. The van der Waals surface area contributed by atoms with E-state index in [2.05, 4.69) is 0 Å². The summed E-state index contributed by atoms with van der Waals surface area (Å²) in [5.41, 5.74) is 2.37. The molecule has 2 aromatic rings. The molecule has 5 nitrogen and oxygen atoms in total. The molecule has 0 bridgehead atoms. The Balaban J connectivity index is 1.49. The Morgan fingerprint density at radius 1 is 1.25 bits per heavy atom. The molecule has 3 heterocycles. The lowest BCUT2D eigenvalue weighted by Crippen LogP contribution is -2.47. The highest BCUT2D eigenvalue weighted by Gasteiger charge is 2.35. The topological polar surface area (TPSA) is 45.7 Å². The summed E-state index contributed by atoms with van der Waals surface area (Å²) < 4.78 is 20.7. The van der Waals surface area contributed by atoms with Gasteiger partial charge in [0.25, 0.3) is 5.91 Å². The molecule has 2 aliphatic heterocycles. The molecule has 6 heteroatoms. The Labute approximate surface area is 165 Å². The van der Waals surface area contributed by atoms with Crippen LogP contribution in [0.5, 0.6) is 5.75 Å². The van der Waals surface area contributed by atoms with Crippen LogP contribution in [0.15, 0.2) is 36.4 Å². The number of pyridine rings is 1. The number of aryl methyl sites for hydroxylation is 1. The molecule has 1 aromatic heterocycles. The number of halogens is 1. The van der Waals surface area contributed by atoms with Crippen molar-refractivity contribution in [2.75, 3.05) is 18.0 Å². The first-order valence-electron chi connectivity index (χ1n) is 9.86. The Hall–Kier alpha value is -2.63. The molecule has 28 heavy (non-hydrogen) atoms. The van der Waals surface area contributed by atoms with Crippen molar-refractivity contribution in [1.82, 2.24) is 9.88 Å². The summed E-state index contributed by atoms with van der Waals surface area (Å²) in [5.74, 6) is 1.51. The van der Waals surface area contributed by atoms with Crippen LogP contribution in [0.3, 0.4) is 0 Å². The Kier molecular flexibility index (Phi) is 4.96. The van der Waals surface area contributed by atoms with Gasteiger partial charge in [0.1, 0.15) is 17.7 Å². The lowest BCUT2D eigenvalue weighted by molar-refractivity contribution is 0.0730. The number of hydrogen-bond donors (Lipinski definition) is 0. The molecule has 0 N–H and O–H groups in total. The first kappa shape index (κ1) is 18.7. The van der Waals surface area contributed by atoms with Gasteiger partial charge in [-0.05, 0) is 44.5 Å². The van der Waals surface area contributed by atoms with Crippen LogP contribution in [0.1, 0.15) is 41.9 Å². The Bertz CT molecular complexity index is 872. The quantitative estimate of drug-likeness (QED) is 0.807. The predicted octanol–water partition coefficient (Wildman–Crippen LogP) is 3.75. The minimum Gasteiger partial charge on any atom is -0.487 e. The monoisotopic (exact) mass is 383 g/mol. The number of nitrogens with zero attached hydrogens (tertiary/aromatic N) is 3. The van der Waals surface area contributed by atoms with Gasteiger partial charge in [0.05, 0.1) is 24.3 Å². The van der Waals surface area contributed by atoms with Gasteiger partial charge in [-0.15, -0.1) is 0 Å². The number of carbonyl (C=O) groups excluding carboxylic acids is 1. The minimum atomic E-state index is -1.10. The van der Waals surface area contributed by atoms with Gasteiger partial charge in [-0.1, -0.05) is 18.2 Å². The standard InChI is InChI=1S/C22H26FN3O2/c1-14(2)26-13-19-17(22(26)27)11-15(3)21(24-19)25-10-9-20(18(23)12-25)28-16-7-5-4-6-8-16/h4-8,11,14,18,20H,9-10,12-13H2,1-3H3/t18-,20?/m0/s1. The van der Waals surface area contributed by atoms with Crippen molar-refractivity contribution >= 4 is 11.7 Å². The zero-order valence-corrected chi connectivity index (χ0v) is 16.6. The van der Waals surface area contributed by atoms with E-state index in [1.165, 1.54) is 0 Å². The number of anilines is 1. The number of carbonyl (C=O) groups is 1. The summed E-state index contributed by atoms with van der Waals surface area (Å²) in [7, 11) is 0. The average Bonchev–Trinajstić information content (AvgIpc) is 3.00. The van der Waals surface area contributed by atoms with E-state index in [1.54, 1.807) is 0 Å². The van der Waals surface area contributed by atoms with Crippen LogP contribution in [0.2, 0.25) is 0 Å². The lowest BCUT2D eigenvalue weighted by Gasteiger charge is -2.36. The van der Waals surface area contributed by atoms with E-state index in [-0.39, 0.29) is 18.5 Å². The Morgan fingerprint density at radius 3 is 2.68 bits per heavy atom. The molecular weight excluding hydrogens is 357 g/mol. The van der Waals surface area contributed by atoms with Gasteiger partial charge in [0.15, 0.2) is 6.17 Å². The van der Waals surface area contributed by atoms with Gasteiger partial charge in [-0.25, -0.2) is 9.37 Å². The van der Waals surface area contributed by atoms with Gasteiger partial charge in [-0.2, -0.15) is 0 Å². The summed E-state index contributed by atoms with van der Waals surface area (Å²) >= 11 is 0. The number of fused-ring (bicyclic) bond motifs is 1. The number of piperidine rings is 1. The number of hydrogen-bond acceptors (Lipinski definition) is 4. The molecule has 0 radical (unpaired) electrons. The summed E-state index contributed by atoms with van der Waals surface area (Å²) in [6, 6.07) is 11.4. The molecule has 0 spiro atoms. The van der Waals surface area contributed by atoms with Gasteiger partial charge < -0.3 is 14.5 Å². The lowest BCUT2D eigenvalue weighted by atomic mass is 10.0. The van der Waals surface area contributed by atoms with E-state index in [0.29, 0.717) is 30.8 Å². The van der Waals surface area contributed by atoms with Crippen LogP contribution in [0.4, 0.5) is 10.2 Å². The highest BCUT2D eigenvalue weighted by Crippen LogP contribution is 2.31. The third-order valence-electron chi connectivity index (χ3n) is 5.51. The van der Waals surface area contributed by atoms with Crippen molar-refractivity contribution < 1.29 is 13.9 Å². The fourth-order valence-corrected chi connectivity index (χ4v) is 3.95. The second kappa shape index (κ2) is 7.41. The zero-order valence-electron chi connectivity index (χ0n) is 16.6. The first-order valence-corrected chi connectivity index (χ1v) is 9.86. The van der Waals surface area contributed by atoms with Crippen molar-refractivity contribution in [2.24, 2.45) is 0 Å². The molecule has 2 aliphatic rings. The summed E-state index contributed by atoms with van der Waals surface area (Å²) in [5, 5.41) is 0.